The third kappa shape index (κ3) is 6.13. The summed E-state index contributed by atoms with van der Waals surface area (Å²) < 4.78 is 20.2. The van der Waals surface area contributed by atoms with Gasteiger partial charge in [-0.2, -0.15) is 0 Å². The first-order chi connectivity index (χ1) is 17.2. The summed E-state index contributed by atoms with van der Waals surface area (Å²) in [7, 11) is 0. The van der Waals surface area contributed by atoms with E-state index in [0.29, 0.717) is 37.6 Å². The van der Waals surface area contributed by atoms with Crippen LogP contribution in [0.5, 0.6) is 0 Å². The van der Waals surface area contributed by atoms with Crippen LogP contribution in [-0.4, -0.2) is 83.8 Å². The number of nitrogens with two attached hydrogens (primary N) is 1. The lowest BCUT2D eigenvalue weighted by Crippen LogP contribution is -2.49. The minimum absolute atomic E-state index is 0.0879. The fraction of sp³-hybridized carbons (Fsp3) is 0.400. The predicted molar refractivity (Wildman–Crippen MR) is 135 cm³/mol. The van der Waals surface area contributed by atoms with E-state index in [9.17, 15) is 24.1 Å². The minimum atomic E-state index is -0.573. The molecule has 1 aromatic carbocycles. The van der Waals surface area contributed by atoms with Gasteiger partial charge >= 0.3 is 11.1 Å². The van der Waals surface area contributed by atoms with Gasteiger partial charge in [0, 0.05) is 26.2 Å². The molecule has 4 N–H and O–H groups in total. The van der Waals surface area contributed by atoms with E-state index in [4.69, 9.17) is 22.7 Å². The van der Waals surface area contributed by atoms with E-state index in [-0.39, 0.29) is 40.8 Å². The Labute approximate surface area is 214 Å². The van der Waals surface area contributed by atoms with Crippen LogP contribution in [0.1, 0.15) is 0 Å². The number of ether oxygens (including phenoxy) is 1. The van der Waals surface area contributed by atoms with Crippen molar-refractivity contribution in [1.82, 2.24) is 15.2 Å². The molecule has 0 aliphatic carbocycles. The first-order valence-electron chi connectivity index (χ1n) is 10.9. The van der Waals surface area contributed by atoms with Gasteiger partial charge < -0.3 is 26.0 Å². The second kappa shape index (κ2) is 11.0. The molecule has 2 amide bonds. The molecule has 2 aromatic rings. The lowest BCUT2D eigenvalue weighted by molar-refractivity contribution is -0.380. The number of thiazole rings is 1. The smallest absolute Gasteiger partial charge is 0.414 e. The van der Waals surface area contributed by atoms with E-state index in [0.717, 1.165) is 17.5 Å². The summed E-state index contributed by atoms with van der Waals surface area (Å²) in [5.74, 6) is -0.802. The molecular formula is C20H23FN8O5S2. The summed E-state index contributed by atoms with van der Waals surface area (Å²) in [6.07, 6.45) is 0.0625. The average molecular weight is 539 g/mol. The molecule has 1 aromatic heterocycles. The van der Waals surface area contributed by atoms with E-state index in [2.05, 4.69) is 15.6 Å². The largest absolute Gasteiger partial charge is 0.442 e. The van der Waals surface area contributed by atoms with Crippen LogP contribution in [0.25, 0.3) is 0 Å². The molecule has 1 unspecified atom stereocenters. The van der Waals surface area contributed by atoms with Crippen molar-refractivity contribution < 1.29 is 23.6 Å². The van der Waals surface area contributed by atoms with Crippen molar-refractivity contribution in [3.05, 3.63) is 40.3 Å². The van der Waals surface area contributed by atoms with Gasteiger partial charge in [0.15, 0.2) is 10.2 Å². The molecular weight excluding hydrogens is 515 g/mol. The number of carbonyl (C=O) groups is 2. The molecule has 3 heterocycles. The number of aromatic nitrogens is 1. The molecule has 0 spiro atoms. The normalized spacial score (nSPS) is 18.1. The summed E-state index contributed by atoms with van der Waals surface area (Å²) in [6, 6.07) is 4.58. The van der Waals surface area contributed by atoms with E-state index < -0.39 is 22.9 Å². The monoisotopic (exact) mass is 538 g/mol. The molecule has 4 rings (SSSR count). The van der Waals surface area contributed by atoms with Crippen molar-refractivity contribution in [1.29, 1.82) is 0 Å². The number of anilines is 3. The Kier molecular flexibility index (Phi) is 7.76. The molecule has 2 fully saturated rings. The van der Waals surface area contributed by atoms with Gasteiger partial charge in [-0.15, -0.1) is 0 Å². The molecule has 2 aliphatic rings. The maximum absolute atomic E-state index is 15.0. The van der Waals surface area contributed by atoms with Crippen molar-refractivity contribution >= 4 is 62.2 Å². The first kappa shape index (κ1) is 25.5. The second-order valence-electron chi connectivity index (χ2n) is 8.07. The number of benzene rings is 1. The predicted octanol–water partition coefficient (Wildman–Crippen LogP) is 1.11. The molecule has 0 saturated carbocycles. The van der Waals surface area contributed by atoms with Crippen molar-refractivity contribution in [3.8, 4) is 0 Å². The SMILES string of the molecule is NC(=S)NCC1CN(c2ccc(N3CCN(CC(=O)Nc4ncc([N+](=O)[O-])s4)CC3)c(F)c2)C(=O)O1. The Morgan fingerprint density at radius 2 is 2.11 bits per heavy atom. The highest BCUT2D eigenvalue weighted by molar-refractivity contribution is 7.80. The van der Waals surface area contributed by atoms with Crippen LogP contribution in [0, 0.1) is 15.9 Å². The number of amides is 2. The molecule has 2 saturated heterocycles. The van der Waals surface area contributed by atoms with Crippen molar-refractivity contribution in [2.45, 2.75) is 6.10 Å². The van der Waals surface area contributed by atoms with E-state index in [1.165, 1.54) is 11.0 Å². The number of cyclic esters (lactones) is 1. The Balaban J connectivity index is 1.28. The summed E-state index contributed by atoms with van der Waals surface area (Å²) >= 11 is 5.54. The highest BCUT2D eigenvalue weighted by atomic mass is 32.1. The number of hydrogen-bond donors (Lipinski definition) is 3. The number of nitrogens with zero attached hydrogens (tertiary/aromatic N) is 5. The quantitative estimate of drug-likeness (QED) is 0.251. The van der Waals surface area contributed by atoms with Gasteiger partial charge in [0.2, 0.25) is 5.91 Å². The number of piperazine rings is 1. The zero-order valence-electron chi connectivity index (χ0n) is 18.9. The van der Waals surface area contributed by atoms with Gasteiger partial charge in [0.25, 0.3) is 0 Å². The molecule has 0 bridgehead atoms. The Morgan fingerprint density at radius 3 is 2.75 bits per heavy atom. The summed E-state index contributed by atoms with van der Waals surface area (Å²) in [6.45, 7) is 2.61. The van der Waals surface area contributed by atoms with Crippen LogP contribution >= 0.6 is 23.6 Å². The Bertz CT molecular complexity index is 1170. The van der Waals surface area contributed by atoms with E-state index >= 15 is 0 Å². The lowest BCUT2D eigenvalue weighted by atomic mass is 10.2. The number of rotatable bonds is 8. The molecule has 0 radical (unpaired) electrons. The second-order valence-corrected chi connectivity index (χ2v) is 9.52. The summed E-state index contributed by atoms with van der Waals surface area (Å²) in [5, 5.41) is 16.2. The Morgan fingerprint density at radius 1 is 1.36 bits per heavy atom. The fourth-order valence-corrected chi connectivity index (χ4v) is 4.62. The molecule has 1 atom stereocenters. The number of nitrogens with one attached hydrogen (secondary N) is 2. The van der Waals surface area contributed by atoms with Gasteiger partial charge in [-0.1, -0.05) is 0 Å². The molecule has 13 nitrogen and oxygen atoms in total. The topological polar surface area (TPSA) is 159 Å². The Hall–Kier alpha value is -3.63. The number of halogens is 1. The van der Waals surface area contributed by atoms with Crippen LogP contribution in [0.2, 0.25) is 0 Å². The standard InChI is InChI=1S/C20H23FN8O5S2/c21-14-7-12(28-10-13(34-20(28)31)8-23-18(22)35)1-2-15(14)27-5-3-26(4-6-27)11-16(30)25-19-24-9-17(36-19)29(32)33/h1-2,7,9,13H,3-6,8,10-11H2,(H3,22,23,35)(H,24,25,30). The number of hydrogen-bond acceptors (Lipinski definition) is 10. The zero-order chi connectivity index (χ0) is 25.8. The molecule has 2 aliphatic heterocycles. The number of carbonyl (C=O) groups excluding carboxylic acids is 2. The lowest BCUT2D eigenvalue weighted by Gasteiger charge is -2.36. The van der Waals surface area contributed by atoms with Crippen molar-refractivity contribution in [3.63, 3.8) is 0 Å². The van der Waals surface area contributed by atoms with Gasteiger partial charge in [-0.25, -0.2) is 14.2 Å². The highest BCUT2D eigenvalue weighted by Crippen LogP contribution is 2.29. The first-order valence-corrected chi connectivity index (χ1v) is 12.1. The van der Waals surface area contributed by atoms with Gasteiger partial charge in [-0.05, 0) is 41.8 Å². The zero-order valence-corrected chi connectivity index (χ0v) is 20.5. The number of nitro groups is 1. The fourth-order valence-electron chi connectivity index (χ4n) is 3.89. The van der Waals surface area contributed by atoms with Crippen LogP contribution in [0.15, 0.2) is 24.4 Å². The van der Waals surface area contributed by atoms with E-state index in [1.54, 1.807) is 12.1 Å². The third-order valence-electron chi connectivity index (χ3n) is 5.62. The van der Waals surface area contributed by atoms with Crippen LogP contribution < -0.4 is 26.2 Å². The van der Waals surface area contributed by atoms with E-state index in [1.807, 2.05) is 9.80 Å². The van der Waals surface area contributed by atoms with Crippen LogP contribution in [0.4, 0.5) is 30.7 Å². The van der Waals surface area contributed by atoms with Crippen molar-refractivity contribution in [2.75, 3.05) is 60.9 Å². The summed E-state index contributed by atoms with van der Waals surface area (Å²) in [5.41, 5.74) is 6.18. The van der Waals surface area contributed by atoms with Gasteiger partial charge in [0.1, 0.15) is 18.1 Å². The van der Waals surface area contributed by atoms with Gasteiger partial charge in [-0.3, -0.25) is 24.7 Å². The minimum Gasteiger partial charge on any atom is -0.442 e. The van der Waals surface area contributed by atoms with Crippen LogP contribution in [0.3, 0.4) is 0 Å². The number of thiocarbonyl (C=S) groups is 1. The maximum Gasteiger partial charge on any atom is 0.414 e. The van der Waals surface area contributed by atoms with Gasteiger partial charge in [0.05, 0.1) is 35.9 Å². The maximum atomic E-state index is 15.0. The average Bonchev–Trinajstić information content (AvgIpc) is 3.45. The van der Waals surface area contributed by atoms with Crippen molar-refractivity contribution in [2.24, 2.45) is 5.73 Å². The van der Waals surface area contributed by atoms with Crippen LogP contribution in [-0.2, 0) is 9.53 Å². The molecule has 36 heavy (non-hydrogen) atoms. The molecule has 192 valence electrons. The highest BCUT2D eigenvalue weighted by Gasteiger charge is 2.33. The summed E-state index contributed by atoms with van der Waals surface area (Å²) in [4.78, 5) is 43.6. The molecule has 16 heteroatoms. The third-order valence-corrected chi connectivity index (χ3v) is 6.63.